The molecule has 0 saturated heterocycles. The molecular formula is C21H19FN2O3. The number of ether oxygens (including phenoxy) is 2. The molecule has 0 radical (unpaired) electrons. The summed E-state index contributed by atoms with van der Waals surface area (Å²) in [5, 5.41) is 5.39. The first-order chi connectivity index (χ1) is 13.2. The van der Waals surface area contributed by atoms with Crippen molar-refractivity contribution < 1.29 is 18.7 Å². The van der Waals surface area contributed by atoms with Gasteiger partial charge in [-0.15, -0.1) is 0 Å². The Morgan fingerprint density at radius 3 is 2.30 bits per heavy atom. The van der Waals surface area contributed by atoms with Gasteiger partial charge in [-0.3, -0.25) is 0 Å². The van der Waals surface area contributed by atoms with Crippen LogP contribution in [0.15, 0.2) is 78.9 Å². The van der Waals surface area contributed by atoms with Crippen LogP contribution in [0.2, 0.25) is 0 Å². The summed E-state index contributed by atoms with van der Waals surface area (Å²) in [5.74, 6) is 1.48. The second kappa shape index (κ2) is 9.24. The Kier molecular flexibility index (Phi) is 6.25. The quantitative estimate of drug-likeness (QED) is 0.590. The molecule has 3 rings (SSSR count). The summed E-state index contributed by atoms with van der Waals surface area (Å²) < 4.78 is 24.1. The third kappa shape index (κ3) is 6.04. The monoisotopic (exact) mass is 366 g/mol. The van der Waals surface area contributed by atoms with Gasteiger partial charge in [0.2, 0.25) is 0 Å². The van der Waals surface area contributed by atoms with E-state index in [4.69, 9.17) is 9.47 Å². The van der Waals surface area contributed by atoms with Crippen LogP contribution in [-0.2, 0) is 0 Å². The Labute approximate surface area is 156 Å². The van der Waals surface area contributed by atoms with Gasteiger partial charge in [0, 0.05) is 11.8 Å². The lowest BCUT2D eigenvalue weighted by Crippen LogP contribution is -2.32. The number of halogens is 1. The molecule has 0 aliphatic heterocycles. The largest absolute Gasteiger partial charge is 0.492 e. The maximum Gasteiger partial charge on any atom is 0.319 e. The lowest BCUT2D eigenvalue weighted by Gasteiger charge is -2.10. The third-order valence-electron chi connectivity index (χ3n) is 3.54. The fourth-order valence-corrected chi connectivity index (χ4v) is 2.30. The fourth-order valence-electron chi connectivity index (χ4n) is 2.30. The van der Waals surface area contributed by atoms with E-state index in [0.717, 1.165) is 5.75 Å². The molecule has 3 aromatic rings. The van der Waals surface area contributed by atoms with E-state index in [1.54, 1.807) is 36.4 Å². The van der Waals surface area contributed by atoms with Gasteiger partial charge in [0.1, 0.15) is 29.7 Å². The molecular weight excluding hydrogens is 347 g/mol. The van der Waals surface area contributed by atoms with Crippen molar-refractivity contribution in [3.05, 3.63) is 84.7 Å². The van der Waals surface area contributed by atoms with Gasteiger partial charge < -0.3 is 20.1 Å². The van der Waals surface area contributed by atoms with Crippen LogP contribution < -0.4 is 20.1 Å². The Bertz CT molecular complexity index is 870. The van der Waals surface area contributed by atoms with Gasteiger partial charge in [0.25, 0.3) is 0 Å². The molecule has 0 aliphatic carbocycles. The Morgan fingerprint density at radius 2 is 1.56 bits per heavy atom. The molecule has 0 spiro atoms. The SMILES string of the molecule is O=C(NCCOc1cccc(F)c1)Nc1ccc(Oc2ccccc2)cc1. The summed E-state index contributed by atoms with van der Waals surface area (Å²) in [4.78, 5) is 11.9. The lowest BCUT2D eigenvalue weighted by molar-refractivity contribution is 0.247. The molecule has 0 aliphatic rings. The summed E-state index contributed by atoms with van der Waals surface area (Å²) in [5.41, 5.74) is 0.638. The predicted octanol–water partition coefficient (Wildman–Crippen LogP) is 4.82. The molecule has 2 amide bonds. The van der Waals surface area contributed by atoms with Gasteiger partial charge in [-0.2, -0.15) is 0 Å². The number of carbonyl (C=O) groups is 1. The molecule has 0 aromatic heterocycles. The second-order valence-corrected chi connectivity index (χ2v) is 5.63. The molecule has 6 heteroatoms. The number of para-hydroxylation sites is 1. The third-order valence-corrected chi connectivity index (χ3v) is 3.54. The Morgan fingerprint density at radius 1 is 0.852 bits per heavy atom. The van der Waals surface area contributed by atoms with Crippen LogP contribution in [0.3, 0.4) is 0 Å². The van der Waals surface area contributed by atoms with Gasteiger partial charge >= 0.3 is 6.03 Å². The molecule has 0 heterocycles. The highest BCUT2D eigenvalue weighted by atomic mass is 19.1. The van der Waals surface area contributed by atoms with Gasteiger partial charge in [-0.25, -0.2) is 9.18 Å². The second-order valence-electron chi connectivity index (χ2n) is 5.63. The molecule has 0 unspecified atom stereocenters. The first-order valence-corrected chi connectivity index (χ1v) is 8.45. The van der Waals surface area contributed by atoms with Crippen molar-refractivity contribution in [2.45, 2.75) is 0 Å². The van der Waals surface area contributed by atoms with E-state index in [-0.39, 0.29) is 25.0 Å². The molecule has 0 saturated carbocycles. The minimum Gasteiger partial charge on any atom is -0.492 e. The van der Waals surface area contributed by atoms with Gasteiger partial charge in [-0.05, 0) is 48.5 Å². The maximum atomic E-state index is 13.0. The minimum absolute atomic E-state index is 0.237. The molecule has 0 bridgehead atoms. The Balaban J connectivity index is 1.40. The number of hydrogen-bond acceptors (Lipinski definition) is 3. The van der Waals surface area contributed by atoms with Crippen molar-refractivity contribution in [3.8, 4) is 17.2 Å². The summed E-state index contributed by atoms with van der Waals surface area (Å²) in [6, 6.07) is 22.0. The number of rotatable bonds is 7. The van der Waals surface area contributed by atoms with E-state index < -0.39 is 0 Å². The molecule has 2 N–H and O–H groups in total. The average Bonchev–Trinajstić information content (AvgIpc) is 2.68. The van der Waals surface area contributed by atoms with Gasteiger partial charge in [-0.1, -0.05) is 24.3 Å². The van der Waals surface area contributed by atoms with Crippen molar-refractivity contribution in [3.63, 3.8) is 0 Å². The number of hydrogen-bond donors (Lipinski definition) is 2. The molecule has 0 atom stereocenters. The molecule has 138 valence electrons. The van der Waals surface area contributed by atoms with E-state index in [1.807, 2.05) is 30.3 Å². The molecule has 5 nitrogen and oxygen atoms in total. The standard InChI is InChI=1S/C21H19FN2O3/c22-16-5-4-8-20(15-16)26-14-13-23-21(25)24-17-9-11-19(12-10-17)27-18-6-2-1-3-7-18/h1-12,15H,13-14H2,(H2,23,24,25). The van der Waals surface area contributed by atoms with Gasteiger partial charge in [0.15, 0.2) is 0 Å². The number of benzene rings is 3. The number of urea groups is 1. The highest BCUT2D eigenvalue weighted by Gasteiger charge is 2.03. The lowest BCUT2D eigenvalue weighted by atomic mass is 10.3. The van der Waals surface area contributed by atoms with Crippen LogP contribution in [0.1, 0.15) is 0 Å². The van der Waals surface area contributed by atoms with Crippen molar-refractivity contribution in [2.75, 3.05) is 18.5 Å². The van der Waals surface area contributed by atoms with Crippen LogP contribution in [-0.4, -0.2) is 19.2 Å². The predicted molar refractivity (Wildman–Crippen MR) is 102 cm³/mol. The molecule has 3 aromatic carbocycles. The zero-order chi connectivity index (χ0) is 18.9. The van der Waals surface area contributed by atoms with Crippen LogP contribution in [0, 0.1) is 5.82 Å². The number of nitrogens with one attached hydrogen (secondary N) is 2. The summed E-state index contributed by atoms with van der Waals surface area (Å²) in [6.45, 7) is 0.526. The molecule has 27 heavy (non-hydrogen) atoms. The van der Waals surface area contributed by atoms with Crippen molar-refractivity contribution in [1.82, 2.24) is 5.32 Å². The summed E-state index contributed by atoms with van der Waals surface area (Å²) >= 11 is 0. The smallest absolute Gasteiger partial charge is 0.319 e. The van der Waals surface area contributed by atoms with E-state index in [1.165, 1.54) is 12.1 Å². The van der Waals surface area contributed by atoms with Crippen LogP contribution >= 0.6 is 0 Å². The summed E-state index contributed by atoms with van der Waals surface area (Å²) in [7, 11) is 0. The van der Waals surface area contributed by atoms with Crippen LogP contribution in [0.4, 0.5) is 14.9 Å². The van der Waals surface area contributed by atoms with Crippen molar-refractivity contribution >= 4 is 11.7 Å². The topological polar surface area (TPSA) is 59.6 Å². The highest BCUT2D eigenvalue weighted by Crippen LogP contribution is 2.22. The molecule has 0 fully saturated rings. The van der Waals surface area contributed by atoms with Crippen molar-refractivity contribution in [2.24, 2.45) is 0 Å². The average molecular weight is 366 g/mol. The minimum atomic E-state index is -0.363. The fraction of sp³-hybridized carbons (Fsp3) is 0.0952. The maximum absolute atomic E-state index is 13.0. The highest BCUT2D eigenvalue weighted by molar-refractivity contribution is 5.89. The number of amides is 2. The van der Waals surface area contributed by atoms with E-state index in [9.17, 15) is 9.18 Å². The zero-order valence-electron chi connectivity index (χ0n) is 14.5. The first kappa shape index (κ1) is 18.3. The number of anilines is 1. The number of carbonyl (C=O) groups excluding carboxylic acids is 1. The van der Waals surface area contributed by atoms with Crippen LogP contribution in [0.5, 0.6) is 17.2 Å². The first-order valence-electron chi connectivity index (χ1n) is 8.45. The normalized spacial score (nSPS) is 10.1. The van der Waals surface area contributed by atoms with Gasteiger partial charge in [0.05, 0.1) is 6.54 Å². The summed E-state index contributed by atoms with van der Waals surface area (Å²) in [6.07, 6.45) is 0. The van der Waals surface area contributed by atoms with E-state index in [0.29, 0.717) is 17.2 Å². The van der Waals surface area contributed by atoms with Crippen molar-refractivity contribution in [1.29, 1.82) is 0 Å². The van der Waals surface area contributed by atoms with Crippen LogP contribution in [0.25, 0.3) is 0 Å². The Hall–Kier alpha value is -3.54. The van der Waals surface area contributed by atoms with E-state index in [2.05, 4.69) is 10.6 Å². The zero-order valence-corrected chi connectivity index (χ0v) is 14.5. The van der Waals surface area contributed by atoms with E-state index >= 15 is 0 Å².